The Balaban J connectivity index is 1.26. The maximum absolute atomic E-state index is 12.1. The van der Waals surface area contributed by atoms with Crippen molar-refractivity contribution in [2.24, 2.45) is 21.2 Å². The average Bonchev–Trinajstić information content (AvgIpc) is 3.30. The lowest BCUT2D eigenvalue weighted by Gasteiger charge is -2.34. The van der Waals surface area contributed by atoms with E-state index in [0.717, 1.165) is 37.1 Å². The first kappa shape index (κ1) is 18.9. The van der Waals surface area contributed by atoms with Gasteiger partial charge in [-0.05, 0) is 37.7 Å². The summed E-state index contributed by atoms with van der Waals surface area (Å²) in [6, 6.07) is 2.25. The molecule has 0 saturated heterocycles. The predicted octanol–water partition coefficient (Wildman–Crippen LogP) is 2.61. The number of carbonyl (C=O) groups excluding carboxylic acids is 1. The molecule has 152 valence electrons. The lowest BCUT2D eigenvalue weighted by molar-refractivity contribution is -0.138. The van der Waals surface area contributed by atoms with Crippen molar-refractivity contribution in [2.45, 2.75) is 50.0 Å². The molecular formula is C17H22F3N7O. The van der Waals surface area contributed by atoms with Crippen molar-refractivity contribution in [3.8, 4) is 0 Å². The maximum Gasteiger partial charge on any atom is 0.405 e. The van der Waals surface area contributed by atoms with E-state index in [-0.39, 0.29) is 24.7 Å². The van der Waals surface area contributed by atoms with Gasteiger partial charge in [0.25, 0.3) is 0 Å². The van der Waals surface area contributed by atoms with Gasteiger partial charge in [0.15, 0.2) is 0 Å². The van der Waals surface area contributed by atoms with Crippen LogP contribution in [0.15, 0.2) is 27.6 Å². The standard InChI is InChI=1S/C17H22F3N7O/c18-17(19,20)8-23-13(28)7-22-11-3-1-10(2-4-11)14-15-12-5-6-21-16(12)24-9-27(15)26-25-14/h5-6,9-11,14-15,21-22H,1-4,7-8H2,(H,23,28). The van der Waals surface area contributed by atoms with Crippen LogP contribution in [0.3, 0.4) is 0 Å². The van der Waals surface area contributed by atoms with Crippen LogP contribution in [0.1, 0.15) is 37.3 Å². The number of aliphatic imine (C=N–C) groups is 1. The highest BCUT2D eigenvalue weighted by molar-refractivity contribution is 5.78. The molecule has 11 heteroatoms. The second-order valence-electron chi connectivity index (χ2n) is 7.43. The van der Waals surface area contributed by atoms with Crippen LogP contribution >= 0.6 is 0 Å². The molecule has 2 unspecified atom stereocenters. The van der Waals surface area contributed by atoms with Crippen LogP contribution in [0.5, 0.6) is 0 Å². The van der Waals surface area contributed by atoms with Crippen LogP contribution in [-0.2, 0) is 4.79 Å². The topological polar surface area (TPSA) is 97.2 Å². The molecule has 1 saturated carbocycles. The Morgan fingerprint density at radius 3 is 2.82 bits per heavy atom. The Kier molecular flexibility index (Phi) is 5.09. The largest absolute Gasteiger partial charge is 0.405 e. The van der Waals surface area contributed by atoms with Gasteiger partial charge in [-0.15, -0.1) is 0 Å². The second-order valence-corrected chi connectivity index (χ2v) is 7.43. The molecule has 3 aliphatic rings. The SMILES string of the molecule is O=C(CNC1CCC(C2N=NN3C=Nc4[nH]ccc4C23)CC1)NCC(F)(F)F. The number of hydrogen-bond acceptors (Lipinski definition) is 6. The van der Waals surface area contributed by atoms with E-state index in [0.29, 0.717) is 5.92 Å². The van der Waals surface area contributed by atoms with E-state index in [2.05, 4.69) is 25.6 Å². The molecule has 1 amide bonds. The number of fused-ring (bicyclic) bond motifs is 3. The summed E-state index contributed by atoms with van der Waals surface area (Å²) in [6.07, 6.45) is 2.72. The number of hydrogen-bond donors (Lipinski definition) is 3. The van der Waals surface area contributed by atoms with E-state index in [1.165, 1.54) is 0 Å². The molecule has 8 nitrogen and oxygen atoms in total. The van der Waals surface area contributed by atoms with Gasteiger partial charge in [-0.2, -0.15) is 18.3 Å². The Hall–Kier alpha value is -2.43. The van der Waals surface area contributed by atoms with E-state index in [9.17, 15) is 18.0 Å². The van der Waals surface area contributed by atoms with Gasteiger partial charge in [0.1, 0.15) is 30.8 Å². The normalized spacial score (nSPS) is 28.9. The fourth-order valence-corrected chi connectivity index (χ4v) is 4.17. The summed E-state index contributed by atoms with van der Waals surface area (Å²) in [6.45, 7) is -1.40. The second kappa shape index (κ2) is 7.53. The highest BCUT2D eigenvalue weighted by atomic mass is 19.4. The average molecular weight is 397 g/mol. The fraction of sp³-hybridized carbons (Fsp3) is 0.647. The van der Waals surface area contributed by atoms with Gasteiger partial charge in [-0.25, -0.2) is 10.0 Å². The molecular weight excluding hydrogens is 375 g/mol. The number of nitrogens with zero attached hydrogens (tertiary/aromatic N) is 4. The Morgan fingerprint density at radius 1 is 1.29 bits per heavy atom. The minimum Gasteiger partial charge on any atom is -0.346 e. The summed E-state index contributed by atoms with van der Waals surface area (Å²) < 4.78 is 36.4. The van der Waals surface area contributed by atoms with E-state index < -0.39 is 18.6 Å². The summed E-state index contributed by atoms with van der Waals surface area (Å²) in [4.78, 5) is 19.0. The molecule has 0 radical (unpaired) electrons. The summed E-state index contributed by atoms with van der Waals surface area (Å²) >= 11 is 0. The molecule has 3 N–H and O–H groups in total. The van der Waals surface area contributed by atoms with Crippen LogP contribution in [0, 0.1) is 5.92 Å². The number of halogens is 3. The lowest BCUT2D eigenvalue weighted by Crippen LogP contribution is -2.44. The first-order chi connectivity index (χ1) is 13.4. The molecule has 2 aliphatic heterocycles. The maximum atomic E-state index is 12.1. The smallest absolute Gasteiger partial charge is 0.346 e. The fourth-order valence-electron chi connectivity index (χ4n) is 4.17. The van der Waals surface area contributed by atoms with Gasteiger partial charge in [0, 0.05) is 17.8 Å². The quantitative estimate of drug-likeness (QED) is 0.712. The summed E-state index contributed by atoms with van der Waals surface area (Å²) in [5, 5.41) is 15.5. The number of amides is 1. The van der Waals surface area contributed by atoms with E-state index in [4.69, 9.17) is 0 Å². The minimum absolute atomic E-state index is 0.0531. The van der Waals surface area contributed by atoms with Crippen molar-refractivity contribution in [1.29, 1.82) is 0 Å². The number of aromatic nitrogens is 1. The first-order valence-electron chi connectivity index (χ1n) is 9.38. The first-order valence-corrected chi connectivity index (χ1v) is 9.38. The Labute approximate surface area is 159 Å². The third-order valence-electron chi connectivity index (χ3n) is 5.57. The summed E-state index contributed by atoms with van der Waals surface area (Å²) in [5.41, 5.74) is 1.10. The molecule has 2 atom stereocenters. The molecule has 28 heavy (non-hydrogen) atoms. The molecule has 1 aromatic rings. The number of H-pyrrole nitrogens is 1. The zero-order valence-electron chi connectivity index (χ0n) is 15.1. The van der Waals surface area contributed by atoms with Gasteiger partial charge in [-0.3, -0.25) is 4.79 Å². The number of aromatic amines is 1. The monoisotopic (exact) mass is 397 g/mol. The third kappa shape index (κ3) is 4.03. The van der Waals surface area contributed by atoms with Crippen LogP contribution < -0.4 is 10.6 Å². The van der Waals surface area contributed by atoms with Crippen molar-refractivity contribution in [3.63, 3.8) is 0 Å². The van der Waals surface area contributed by atoms with E-state index in [1.54, 1.807) is 11.3 Å². The predicted molar refractivity (Wildman–Crippen MR) is 95.0 cm³/mol. The van der Waals surface area contributed by atoms with Crippen molar-refractivity contribution in [1.82, 2.24) is 20.6 Å². The van der Waals surface area contributed by atoms with Crippen molar-refractivity contribution >= 4 is 18.1 Å². The zero-order valence-corrected chi connectivity index (χ0v) is 15.1. The van der Waals surface area contributed by atoms with Crippen LogP contribution in [0.4, 0.5) is 19.0 Å². The molecule has 0 bridgehead atoms. The molecule has 1 fully saturated rings. The van der Waals surface area contributed by atoms with Gasteiger partial charge < -0.3 is 15.6 Å². The molecule has 1 aliphatic carbocycles. The Bertz CT molecular complexity index is 767. The zero-order chi connectivity index (χ0) is 19.7. The van der Waals surface area contributed by atoms with Crippen LogP contribution in [0.25, 0.3) is 0 Å². The highest BCUT2D eigenvalue weighted by Gasteiger charge is 2.42. The van der Waals surface area contributed by atoms with Crippen molar-refractivity contribution < 1.29 is 18.0 Å². The van der Waals surface area contributed by atoms with Crippen molar-refractivity contribution in [2.75, 3.05) is 13.1 Å². The van der Waals surface area contributed by atoms with E-state index in [1.807, 2.05) is 17.6 Å². The number of rotatable bonds is 5. The van der Waals surface area contributed by atoms with Gasteiger partial charge in [-0.1, -0.05) is 5.22 Å². The van der Waals surface area contributed by atoms with Crippen LogP contribution in [-0.4, -0.2) is 53.6 Å². The molecule has 0 aromatic carbocycles. The molecule has 3 heterocycles. The number of alkyl halides is 3. The van der Waals surface area contributed by atoms with Crippen molar-refractivity contribution in [3.05, 3.63) is 17.8 Å². The summed E-state index contributed by atoms with van der Waals surface area (Å²) in [5.74, 6) is 0.574. The number of nitrogens with one attached hydrogen (secondary N) is 3. The Morgan fingerprint density at radius 2 is 2.07 bits per heavy atom. The van der Waals surface area contributed by atoms with Gasteiger partial charge in [0.05, 0.1) is 6.54 Å². The van der Waals surface area contributed by atoms with Crippen LogP contribution in [0.2, 0.25) is 0 Å². The highest BCUT2D eigenvalue weighted by Crippen LogP contribution is 2.44. The lowest BCUT2D eigenvalue weighted by atomic mass is 9.78. The number of carbonyl (C=O) groups is 1. The van der Waals surface area contributed by atoms with Gasteiger partial charge in [0.2, 0.25) is 5.91 Å². The third-order valence-corrected chi connectivity index (χ3v) is 5.57. The summed E-state index contributed by atoms with van der Waals surface area (Å²) in [7, 11) is 0. The molecule has 0 spiro atoms. The molecule has 1 aromatic heterocycles. The minimum atomic E-state index is -4.39. The van der Waals surface area contributed by atoms with Gasteiger partial charge >= 0.3 is 6.18 Å². The van der Waals surface area contributed by atoms with E-state index >= 15 is 0 Å². The molecule has 4 rings (SSSR count).